The molecule has 38 N–H and O–H groups in total. The maximum Gasteiger partial charge on any atom is 0.364 e. The number of aliphatic hydroxyl groups is 31. The van der Waals surface area contributed by atoms with Crippen molar-refractivity contribution >= 4 is 17.9 Å². The SMILES string of the molecule is N[C@H]1[C@@H](O[C@@H]2[C@H](O)[C@@H](O)[C@@H](OC[C@H](O)[C@H]3O[C@H](OC[C@H](O)[C@H]4O[C@H](O[C@@H]5[C@H](O)[C@@H](O[C@H]6[C@@H]([C@H](O)CO)OC(O)(C(=O)O)C[C@H]6O)O[C@H]([C@@H](O)CO)[C@H]5O[C@@H]5O[C@H](CO)[C@H](O)[C@H](O)[C@H]5O)[C@@H](O[C@@H]5O[C@H](CO)[C@@H](O)[C@H](O)[C@H]5O)[C@@H](O[C@H]5O[C@H](C(=O)O)[C@H](O[C@H]6O[C@H](CO)[C@@H](O)[C@H](O)[C@H]6N)[C@H](O)[C@H]5O)[C@@H]4O)[C@@H](O)[C@@H](O)[C@@H]3O)O[C@@H]2C(=O)O)O[C@H](CO)[C@@H](O)[C@@H]1O. The molecule has 123 heavy (non-hydrogen) atoms. The summed E-state index contributed by atoms with van der Waals surface area (Å²) in [5, 5.41) is 376. The number of ether oxygens (including phenoxy) is 19. The second-order valence-electron chi connectivity index (χ2n) is 30.8. The smallest absolute Gasteiger partial charge is 0.364 e. The maximum atomic E-state index is 13.3. The molecule has 0 radical (unpaired) electrons. The molecule has 10 aliphatic heterocycles. The molecule has 0 spiro atoms. The lowest BCUT2D eigenvalue weighted by Crippen LogP contribution is -2.71. The molecule has 0 aromatic rings. The summed E-state index contributed by atoms with van der Waals surface area (Å²) in [5.41, 5.74) is 11.9. The monoisotopic (exact) mass is 1810 g/mol. The van der Waals surface area contributed by atoms with E-state index in [0.29, 0.717) is 0 Å². The Balaban J connectivity index is 1.02. The zero-order valence-corrected chi connectivity index (χ0v) is 63.7. The fraction of sp³-hybridized carbons (Fsp3) is 0.954. The predicted octanol–water partition coefficient (Wildman–Crippen LogP) is -24.8. The van der Waals surface area contributed by atoms with Crippen LogP contribution in [0.1, 0.15) is 6.42 Å². The Morgan fingerprint density at radius 3 is 1.07 bits per heavy atom. The fourth-order valence-electron chi connectivity index (χ4n) is 15.4. The molecule has 0 amide bonds. The third-order valence-electron chi connectivity index (χ3n) is 22.5. The molecule has 53 atom stereocenters. The van der Waals surface area contributed by atoms with Gasteiger partial charge in [0.1, 0.15) is 232 Å². The third kappa shape index (κ3) is 21.3. The minimum absolute atomic E-state index is 0.944. The Kier molecular flexibility index (Phi) is 35.2. The first-order valence-electron chi connectivity index (χ1n) is 38.2. The lowest BCUT2D eigenvalue weighted by atomic mass is 9.91. The summed E-state index contributed by atoms with van der Waals surface area (Å²) in [6.07, 6.45) is -123. The van der Waals surface area contributed by atoms with Gasteiger partial charge < -0.3 is 275 Å². The Bertz CT molecular complexity index is 3320. The summed E-state index contributed by atoms with van der Waals surface area (Å²) in [7, 11) is 0. The largest absolute Gasteiger partial charge is 0.479 e. The molecule has 10 heterocycles. The number of carboxylic acid groups (broad SMARTS) is 3. The number of aliphatic hydroxyl groups excluding tert-OH is 30. The van der Waals surface area contributed by atoms with E-state index >= 15 is 0 Å². The number of carbonyl (C=O) groups is 3. The molecular formula is C65H108N2O56. The average Bonchev–Trinajstić information content (AvgIpc) is 0.749. The predicted molar refractivity (Wildman–Crippen MR) is 364 cm³/mol. The number of aliphatic carboxylic acids is 3. The highest BCUT2D eigenvalue weighted by Crippen LogP contribution is 2.43. The van der Waals surface area contributed by atoms with Crippen molar-refractivity contribution in [2.75, 3.05) is 52.9 Å². The van der Waals surface area contributed by atoms with Crippen LogP contribution in [-0.4, -0.2) is 569 Å². The van der Waals surface area contributed by atoms with Crippen molar-refractivity contribution in [3.63, 3.8) is 0 Å². The number of hydrogen-bond donors (Lipinski definition) is 36. The van der Waals surface area contributed by atoms with Crippen molar-refractivity contribution in [2.45, 2.75) is 331 Å². The van der Waals surface area contributed by atoms with Gasteiger partial charge in [-0.2, -0.15) is 0 Å². The molecule has 0 aromatic heterocycles. The normalized spacial score (nSPS) is 50.6. The first-order valence-corrected chi connectivity index (χ1v) is 38.2. The Morgan fingerprint density at radius 2 is 0.626 bits per heavy atom. The van der Waals surface area contributed by atoms with Crippen LogP contribution >= 0.6 is 0 Å². The third-order valence-corrected chi connectivity index (χ3v) is 22.5. The van der Waals surface area contributed by atoms with E-state index in [1.54, 1.807) is 0 Å². The van der Waals surface area contributed by atoms with Crippen LogP contribution in [0.3, 0.4) is 0 Å². The van der Waals surface area contributed by atoms with Gasteiger partial charge in [0.2, 0.25) is 0 Å². The van der Waals surface area contributed by atoms with Crippen molar-refractivity contribution < 1.29 is 278 Å². The van der Waals surface area contributed by atoms with E-state index in [4.69, 9.17) is 101 Å². The maximum absolute atomic E-state index is 13.3. The first kappa shape index (κ1) is 101. The van der Waals surface area contributed by atoms with Crippen LogP contribution in [0.2, 0.25) is 0 Å². The molecule has 58 heteroatoms. The van der Waals surface area contributed by atoms with Gasteiger partial charge in [-0.1, -0.05) is 0 Å². The molecule has 0 aliphatic carbocycles. The van der Waals surface area contributed by atoms with Gasteiger partial charge >= 0.3 is 17.9 Å². The van der Waals surface area contributed by atoms with Crippen LogP contribution in [0.5, 0.6) is 0 Å². The van der Waals surface area contributed by atoms with E-state index in [2.05, 4.69) is 0 Å². The number of nitrogens with two attached hydrogens (primary N) is 2. The Labute approximate surface area is 689 Å². The Morgan fingerprint density at radius 1 is 0.309 bits per heavy atom. The highest BCUT2D eigenvalue weighted by molar-refractivity contribution is 5.75. The molecule has 1 unspecified atom stereocenters. The summed E-state index contributed by atoms with van der Waals surface area (Å²) >= 11 is 0. The van der Waals surface area contributed by atoms with Gasteiger partial charge in [-0.05, 0) is 0 Å². The molecule has 58 nitrogen and oxygen atoms in total. The average molecular weight is 1810 g/mol. The van der Waals surface area contributed by atoms with E-state index < -0.39 is 402 Å². The topological polar surface area (TPSA) is 966 Å². The van der Waals surface area contributed by atoms with Crippen molar-refractivity contribution in [1.82, 2.24) is 0 Å². The summed E-state index contributed by atoms with van der Waals surface area (Å²) < 4.78 is 109. The van der Waals surface area contributed by atoms with Gasteiger partial charge in [0.15, 0.2) is 68.8 Å². The lowest BCUT2D eigenvalue weighted by molar-refractivity contribution is -0.423. The second-order valence-corrected chi connectivity index (χ2v) is 30.8. The van der Waals surface area contributed by atoms with Crippen LogP contribution in [0.25, 0.3) is 0 Å². The van der Waals surface area contributed by atoms with Crippen LogP contribution in [-0.2, 0) is 104 Å². The molecule has 10 fully saturated rings. The molecule has 10 rings (SSSR count). The van der Waals surface area contributed by atoms with Crippen molar-refractivity contribution in [3.8, 4) is 0 Å². The van der Waals surface area contributed by atoms with Crippen LogP contribution in [0, 0.1) is 0 Å². The van der Waals surface area contributed by atoms with Crippen molar-refractivity contribution in [3.05, 3.63) is 0 Å². The van der Waals surface area contributed by atoms with Gasteiger partial charge in [0.05, 0.1) is 71.0 Å². The minimum atomic E-state index is -3.42. The summed E-state index contributed by atoms with van der Waals surface area (Å²) in [6, 6.07) is -3.56. The van der Waals surface area contributed by atoms with Gasteiger partial charge in [-0.15, -0.1) is 0 Å². The highest BCUT2D eigenvalue weighted by Gasteiger charge is 2.64. The summed E-state index contributed by atoms with van der Waals surface area (Å²) in [6.45, 7) is -10.3. The molecule has 0 saturated carbocycles. The van der Waals surface area contributed by atoms with Gasteiger partial charge in [0.25, 0.3) is 5.79 Å². The Hall–Kier alpha value is -3.67. The van der Waals surface area contributed by atoms with E-state index in [0.717, 1.165) is 0 Å². The molecule has 714 valence electrons. The molecular weight excluding hydrogens is 1700 g/mol. The number of hydrogen-bond acceptors (Lipinski definition) is 55. The quantitative estimate of drug-likeness (QED) is 0.0290. The zero-order valence-electron chi connectivity index (χ0n) is 63.7. The van der Waals surface area contributed by atoms with E-state index in [9.17, 15) is 188 Å². The van der Waals surface area contributed by atoms with Gasteiger partial charge in [-0.3, -0.25) is 0 Å². The number of rotatable bonds is 33. The van der Waals surface area contributed by atoms with Crippen molar-refractivity contribution in [2.24, 2.45) is 11.5 Å². The van der Waals surface area contributed by atoms with Crippen LogP contribution < -0.4 is 11.5 Å². The zero-order chi connectivity index (χ0) is 91.1. The van der Waals surface area contributed by atoms with Gasteiger partial charge in [-0.25, -0.2) is 14.4 Å². The molecule has 10 saturated heterocycles. The highest BCUT2D eigenvalue weighted by atomic mass is 16.8. The number of carboxylic acids is 3. The van der Waals surface area contributed by atoms with Crippen LogP contribution in [0.15, 0.2) is 0 Å². The van der Waals surface area contributed by atoms with Crippen LogP contribution in [0.4, 0.5) is 0 Å². The molecule has 0 bridgehead atoms. The molecule has 0 aromatic carbocycles. The van der Waals surface area contributed by atoms with E-state index in [1.165, 1.54) is 0 Å². The minimum Gasteiger partial charge on any atom is -0.479 e. The van der Waals surface area contributed by atoms with E-state index in [1.807, 2.05) is 0 Å². The fourth-order valence-corrected chi connectivity index (χ4v) is 15.4. The summed E-state index contributed by atoms with van der Waals surface area (Å²) in [4.78, 5) is 38.2. The summed E-state index contributed by atoms with van der Waals surface area (Å²) in [5.74, 6) is -9.72. The van der Waals surface area contributed by atoms with Gasteiger partial charge in [0, 0.05) is 6.42 Å². The molecule has 10 aliphatic rings. The standard InChI is InChI=1S/C65H108N2O56/c66-19-25(83)21(79)15(4-70)107-55(19)115-45-31(89)36(94)58(120-50(45)53(98)99)106-8-13(77)40-30(88)29(87)33(91)57(111-40)105-9-14(78)41-38(96)47(117-61-37(95)32(90)46(51(121-61)54(100)101)116-56-20(67)26(84)22(80)16(5-71)108-56)52(122-60-35(93)28(86)24(82)18(7-73)110-60)63(112-41)118-48-39(97)62(113-42-10(74)1-65(104,64(102)103)123-44(42)12(76)3-69)114-43(11(75)2-68)49(48)119-59-34(92)27(85)23(81)17(6-72)109-59/h10-52,55-63,68-97,104H,1-9,66-67H2,(H,98,99)(H,100,101)(H,102,103)/t10-,11+,12-,13+,14+,15-,16-,17-,18-,19-,20-,21-,22-,23+,24-,25-,26-,27+,28+,29+,30+,31-,32-,33+,34-,35-,36-,37-,38-,39+,40-,41-,42-,43-,44-,45-,46-,47+,48-,49-,50+,51+,52+,55-,56-,57+,58+,59+,60+,61+,62+,63-,65?/m1/s1. The lowest BCUT2D eigenvalue weighted by Gasteiger charge is -2.53. The van der Waals surface area contributed by atoms with Crippen molar-refractivity contribution in [1.29, 1.82) is 0 Å². The first-order chi connectivity index (χ1) is 57.8. The van der Waals surface area contributed by atoms with E-state index in [-0.39, 0.29) is 0 Å². The second kappa shape index (κ2) is 42.7.